The van der Waals surface area contributed by atoms with Gasteiger partial charge in [-0.25, -0.2) is 0 Å². The van der Waals surface area contributed by atoms with Crippen molar-refractivity contribution in [1.82, 2.24) is 4.90 Å². The maximum Gasteiger partial charge on any atom is 0.306 e. The van der Waals surface area contributed by atoms with E-state index in [2.05, 4.69) is 0 Å². The summed E-state index contributed by atoms with van der Waals surface area (Å²) in [6, 6.07) is 5.86. The molecule has 7 heteroatoms. The van der Waals surface area contributed by atoms with Crippen molar-refractivity contribution in [1.29, 1.82) is 0 Å². The molecule has 3 rings (SSSR count). The van der Waals surface area contributed by atoms with Crippen LogP contribution in [0.25, 0.3) is 10.1 Å². The van der Waals surface area contributed by atoms with Gasteiger partial charge in [-0.1, -0.05) is 0 Å². The third-order valence-corrected chi connectivity index (χ3v) is 5.42. The Hall–Kier alpha value is -2.12. The molecule has 140 valence electrons. The lowest BCUT2D eigenvalue weighted by molar-refractivity contribution is -0.143. The molecule has 0 N–H and O–H groups in total. The monoisotopic (exact) mass is 377 g/mol. The summed E-state index contributed by atoms with van der Waals surface area (Å²) in [5.41, 5.74) is 0.941. The van der Waals surface area contributed by atoms with Crippen molar-refractivity contribution in [3.63, 3.8) is 0 Å². The fourth-order valence-electron chi connectivity index (χ4n) is 3.00. The van der Waals surface area contributed by atoms with Crippen LogP contribution in [0.15, 0.2) is 18.2 Å². The number of nitrogens with zero attached hydrogens (tertiary/aromatic N) is 1. The topological polar surface area (TPSA) is 65.1 Å². The minimum atomic E-state index is -0.219. The van der Waals surface area contributed by atoms with E-state index in [1.54, 1.807) is 14.0 Å². The van der Waals surface area contributed by atoms with Crippen LogP contribution in [0.5, 0.6) is 5.75 Å². The number of ether oxygens (including phenoxy) is 3. The Kier molecular flexibility index (Phi) is 6.11. The van der Waals surface area contributed by atoms with Crippen LogP contribution in [0.4, 0.5) is 0 Å². The fraction of sp³-hybridized carbons (Fsp3) is 0.474. The molecule has 1 saturated heterocycles. The zero-order valence-corrected chi connectivity index (χ0v) is 15.9. The van der Waals surface area contributed by atoms with E-state index in [1.165, 1.54) is 11.3 Å². The molecule has 0 aliphatic carbocycles. The first-order valence-electron chi connectivity index (χ1n) is 8.75. The molecule has 2 aromatic rings. The number of benzene rings is 1. The van der Waals surface area contributed by atoms with Gasteiger partial charge in [0.05, 0.1) is 31.8 Å². The molecule has 2 heterocycles. The highest BCUT2D eigenvalue weighted by molar-refractivity contribution is 7.20. The van der Waals surface area contributed by atoms with Crippen molar-refractivity contribution >= 4 is 33.3 Å². The van der Waals surface area contributed by atoms with E-state index < -0.39 is 0 Å². The van der Waals surface area contributed by atoms with Crippen LogP contribution in [0.3, 0.4) is 0 Å². The first kappa shape index (κ1) is 18.7. The minimum Gasteiger partial charge on any atom is -0.496 e. The van der Waals surface area contributed by atoms with E-state index in [4.69, 9.17) is 14.2 Å². The number of hydrogen-bond donors (Lipinski definition) is 0. The molecule has 0 saturated carbocycles. The fourth-order valence-corrected chi connectivity index (χ4v) is 4.04. The van der Waals surface area contributed by atoms with E-state index in [9.17, 15) is 9.59 Å². The van der Waals surface area contributed by atoms with Crippen LogP contribution < -0.4 is 4.74 Å². The summed E-state index contributed by atoms with van der Waals surface area (Å²) < 4.78 is 16.8. The number of thiophene rings is 1. The van der Waals surface area contributed by atoms with E-state index in [-0.39, 0.29) is 11.9 Å². The lowest BCUT2D eigenvalue weighted by atomic mass is 10.1. The lowest BCUT2D eigenvalue weighted by Crippen LogP contribution is -2.40. The van der Waals surface area contributed by atoms with Crippen LogP contribution >= 0.6 is 11.3 Å². The smallest absolute Gasteiger partial charge is 0.306 e. The van der Waals surface area contributed by atoms with Crippen molar-refractivity contribution in [2.75, 3.05) is 40.0 Å². The Morgan fingerprint density at radius 1 is 1.23 bits per heavy atom. The van der Waals surface area contributed by atoms with Crippen molar-refractivity contribution < 1.29 is 23.8 Å². The minimum absolute atomic E-state index is 0.0431. The van der Waals surface area contributed by atoms with Crippen LogP contribution in [-0.4, -0.2) is 56.8 Å². The summed E-state index contributed by atoms with van der Waals surface area (Å²) in [6.07, 6.45) is 0.847. The highest BCUT2D eigenvalue weighted by atomic mass is 32.1. The van der Waals surface area contributed by atoms with Gasteiger partial charge in [0.1, 0.15) is 5.75 Å². The molecule has 1 aliphatic rings. The largest absolute Gasteiger partial charge is 0.496 e. The Morgan fingerprint density at radius 3 is 2.69 bits per heavy atom. The molecule has 1 aromatic carbocycles. The van der Waals surface area contributed by atoms with Gasteiger partial charge in [0, 0.05) is 24.2 Å². The molecular formula is C19H23NO5S. The van der Waals surface area contributed by atoms with Gasteiger partial charge in [-0.15, -0.1) is 11.3 Å². The first-order chi connectivity index (χ1) is 12.6. The summed E-state index contributed by atoms with van der Waals surface area (Å²) in [4.78, 5) is 26.9. The molecule has 0 radical (unpaired) electrons. The predicted molar refractivity (Wildman–Crippen MR) is 100 cm³/mol. The molecule has 1 aliphatic heterocycles. The summed E-state index contributed by atoms with van der Waals surface area (Å²) >= 11 is 1.47. The molecule has 0 unspecified atom stereocenters. The highest BCUT2D eigenvalue weighted by Crippen LogP contribution is 2.33. The number of hydrogen-bond acceptors (Lipinski definition) is 6. The van der Waals surface area contributed by atoms with E-state index in [1.807, 2.05) is 23.1 Å². The van der Waals surface area contributed by atoms with Gasteiger partial charge < -0.3 is 19.1 Å². The SMILES string of the molecule is CCOC(=O)CCc1cc2cc(C(=O)N3CCOCC3)sc2cc1OC. The summed E-state index contributed by atoms with van der Waals surface area (Å²) in [5.74, 6) is 0.554. The van der Waals surface area contributed by atoms with Crippen molar-refractivity contribution in [2.45, 2.75) is 19.8 Å². The van der Waals surface area contributed by atoms with Gasteiger partial charge >= 0.3 is 5.97 Å². The van der Waals surface area contributed by atoms with E-state index >= 15 is 0 Å². The van der Waals surface area contributed by atoms with Gasteiger partial charge in [0.15, 0.2) is 0 Å². The molecule has 1 amide bonds. The number of carbonyl (C=O) groups excluding carboxylic acids is 2. The molecular weight excluding hydrogens is 354 g/mol. The number of aryl methyl sites for hydroxylation is 1. The number of fused-ring (bicyclic) bond motifs is 1. The van der Waals surface area contributed by atoms with E-state index in [0.29, 0.717) is 50.6 Å². The molecule has 1 fully saturated rings. The maximum atomic E-state index is 12.7. The maximum absolute atomic E-state index is 12.7. The first-order valence-corrected chi connectivity index (χ1v) is 9.57. The van der Waals surface area contributed by atoms with Crippen molar-refractivity contribution in [3.05, 3.63) is 28.6 Å². The standard InChI is InChI=1S/C19H23NO5S/c1-3-25-18(21)5-4-13-10-14-11-17(26-16(14)12-15(13)23-2)19(22)20-6-8-24-9-7-20/h10-12H,3-9H2,1-2H3. The third-order valence-electron chi connectivity index (χ3n) is 4.33. The summed E-state index contributed by atoms with van der Waals surface area (Å²) in [7, 11) is 1.61. The second kappa shape index (κ2) is 8.51. The summed E-state index contributed by atoms with van der Waals surface area (Å²) in [6.45, 7) is 4.60. The average molecular weight is 377 g/mol. The Morgan fingerprint density at radius 2 is 2.00 bits per heavy atom. The normalized spacial score (nSPS) is 14.5. The van der Waals surface area contributed by atoms with Crippen LogP contribution in [0, 0.1) is 0 Å². The predicted octanol–water partition coefficient (Wildman–Crippen LogP) is 2.88. The molecule has 1 aromatic heterocycles. The number of rotatable bonds is 6. The van der Waals surface area contributed by atoms with Gasteiger partial charge in [0.2, 0.25) is 0 Å². The number of carbonyl (C=O) groups is 2. The van der Waals surface area contributed by atoms with Crippen LogP contribution in [0.2, 0.25) is 0 Å². The molecule has 26 heavy (non-hydrogen) atoms. The van der Waals surface area contributed by atoms with Gasteiger partial charge in [-0.2, -0.15) is 0 Å². The number of esters is 1. The highest BCUT2D eigenvalue weighted by Gasteiger charge is 2.21. The van der Waals surface area contributed by atoms with E-state index in [0.717, 1.165) is 21.4 Å². The van der Waals surface area contributed by atoms with Crippen LogP contribution in [-0.2, 0) is 20.7 Å². The zero-order valence-electron chi connectivity index (χ0n) is 15.1. The summed E-state index contributed by atoms with van der Waals surface area (Å²) in [5, 5.41) is 0.992. The average Bonchev–Trinajstić information content (AvgIpc) is 3.08. The van der Waals surface area contributed by atoms with Crippen molar-refractivity contribution in [3.8, 4) is 5.75 Å². The number of morpholine rings is 1. The van der Waals surface area contributed by atoms with Gasteiger partial charge in [0.25, 0.3) is 5.91 Å². The number of methoxy groups -OCH3 is 1. The second-order valence-electron chi connectivity index (χ2n) is 6.02. The third kappa shape index (κ3) is 4.16. The Balaban J connectivity index is 1.82. The molecule has 0 bridgehead atoms. The molecule has 0 spiro atoms. The van der Waals surface area contributed by atoms with Crippen molar-refractivity contribution in [2.24, 2.45) is 0 Å². The Bertz CT molecular complexity index is 795. The van der Waals surface area contributed by atoms with Gasteiger partial charge in [-0.05, 0) is 42.5 Å². The molecule has 6 nitrogen and oxygen atoms in total. The second-order valence-corrected chi connectivity index (χ2v) is 7.11. The Labute approximate surface area is 156 Å². The quantitative estimate of drug-likeness (QED) is 0.725. The van der Waals surface area contributed by atoms with Gasteiger partial charge in [-0.3, -0.25) is 9.59 Å². The van der Waals surface area contributed by atoms with Crippen LogP contribution in [0.1, 0.15) is 28.6 Å². The molecule has 0 atom stereocenters. The number of amides is 1. The lowest BCUT2D eigenvalue weighted by Gasteiger charge is -2.26. The zero-order chi connectivity index (χ0) is 18.5.